The van der Waals surface area contributed by atoms with Crippen LogP contribution in [-0.2, 0) is 0 Å². The van der Waals surface area contributed by atoms with E-state index in [2.05, 4.69) is 29.6 Å². The van der Waals surface area contributed by atoms with Gasteiger partial charge in [0.25, 0.3) is 0 Å². The predicted molar refractivity (Wildman–Crippen MR) is 69.8 cm³/mol. The van der Waals surface area contributed by atoms with Gasteiger partial charge in [0.05, 0.1) is 12.6 Å². The van der Waals surface area contributed by atoms with Crippen LogP contribution in [0.1, 0.15) is 17.2 Å². The maximum atomic E-state index is 8.95. The van der Waals surface area contributed by atoms with E-state index in [0.717, 1.165) is 0 Å². The first-order chi connectivity index (χ1) is 8.42. The van der Waals surface area contributed by atoms with Gasteiger partial charge in [-0.15, -0.1) is 0 Å². The van der Waals surface area contributed by atoms with Crippen molar-refractivity contribution in [3.8, 4) is 0 Å². The fourth-order valence-electron chi connectivity index (χ4n) is 1.93. The van der Waals surface area contributed by atoms with Crippen LogP contribution in [-0.4, -0.2) is 18.3 Å². The summed E-state index contributed by atoms with van der Waals surface area (Å²) in [5, 5.41) is 12.3. The summed E-state index contributed by atoms with van der Waals surface area (Å²) >= 11 is 0. The number of hydrogen-bond acceptors (Lipinski definition) is 2. The van der Waals surface area contributed by atoms with E-state index in [0.29, 0.717) is 6.54 Å². The predicted octanol–water partition coefficient (Wildman–Crippen LogP) is 2.36. The van der Waals surface area contributed by atoms with Gasteiger partial charge >= 0.3 is 0 Å². The zero-order valence-corrected chi connectivity index (χ0v) is 9.71. The van der Waals surface area contributed by atoms with Gasteiger partial charge in [0.1, 0.15) is 0 Å². The summed E-state index contributed by atoms with van der Waals surface area (Å²) in [7, 11) is 0. The number of rotatable bonds is 5. The van der Waals surface area contributed by atoms with E-state index in [4.69, 9.17) is 5.11 Å². The second kappa shape index (κ2) is 6.18. The normalized spacial score (nSPS) is 10.7. The van der Waals surface area contributed by atoms with E-state index in [9.17, 15) is 0 Å². The first kappa shape index (κ1) is 11.8. The van der Waals surface area contributed by atoms with Crippen LogP contribution in [0.25, 0.3) is 0 Å². The third kappa shape index (κ3) is 3.16. The molecule has 0 aromatic heterocycles. The van der Waals surface area contributed by atoms with Crippen molar-refractivity contribution in [2.45, 2.75) is 6.04 Å². The Kier molecular flexibility index (Phi) is 4.30. The molecule has 0 aliphatic carbocycles. The summed E-state index contributed by atoms with van der Waals surface area (Å²) in [5.41, 5.74) is 2.43. The van der Waals surface area contributed by atoms with Gasteiger partial charge in [0.15, 0.2) is 0 Å². The molecule has 0 fully saturated rings. The molecule has 88 valence electrons. The highest BCUT2D eigenvalue weighted by atomic mass is 16.3. The van der Waals surface area contributed by atoms with Gasteiger partial charge < -0.3 is 10.4 Å². The van der Waals surface area contributed by atoms with Crippen molar-refractivity contribution in [2.75, 3.05) is 13.2 Å². The Morgan fingerprint density at radius 1 is 0.824 bits per heavy atom. The summed E-state index contributed by atoms with van der Waals surface area (Å²) in [6.45, 7) is 0.741. The van der Waals surface area contributed by atoms with Crippen molar-refractivity contribution in [2.24, 2.45) is 0 Å². The first-order valence-electron chi connectivity index (χ1n) is 5.86. The number of aliphatic hydroxyl groups is 1. The Morgan fingerprint density at radius 3 is 1.71 bits per heavy atom. The van der Waals surface area contributed by atoms with Crippen LogP contribution in [0.15, 0.2) is 60.7 Å². The molecule has 0 amide bonds. The Morgan fingerprint density at radius 2 is 1.29 bits per heavy atom. The van der Waals surface area contributed by atoms with Crippen LogP contribution in [0, 0.1) is 0 Å². The third-order valence-corrected chi connectivity index (χ3v) is 2.73. The lowest BCUT2D eigenvalue weighted by Crippen LogP contribution is -2.25. The zero-order valence-electron chi connectivity index (χ0n) is 9.71. The van der Waals surface area contributed by atoms with Crippen molar-refractivity contribution in [1.29, 1.82) is 0 Å². The fourth-order valence-corrected chi connectivity index (χ4v) is 1.93. The van der Waals surface area contributed by atoms with E-state index in [-0.39, 0.29) is 12.6 Å². The molecule has 0 spiro atoms. The first-order valence-corrected chi connectivity index (χ1v) is 5.86. The number of benzene rings is 2. The largest absolute Gasteiger partial charge is 0.395 e. The summed E-state index contributed by atoms with van der Waals surface area (Å²) in [4.78, 5) is 0. The highest BCUT2D eigenvalue weighted by molar-refractivity contribution is 5.31. The van der Waals surface area contributed by atoms with E-state index in [1.165, 1.54) is 11.1 Å². The smallest absolute Gasteiger partial charge is 0.0577 e. The molecular formula is C15H17NO. The summed E-state index contributed by atoms with van der Waals surface area (Å²) in [5.74, 6) is 0. The molecule has 0 radical (unpaired) electrons. The molecule has 17 heavy (non-hydrogen) atoms. The molecule has 0 bridgehead atoms. The monoisotopic (exact) mass is 227 g/mol. The average molecular weight is 227 g/mol. The van der Waals surface area contributed by atoms with E-state index < -0.39 is 0 Å². The third-order valence-electron chi connectivity index (χ3n) is 2.73. The quantitative estimate of drug-likeness (QED) is 0.822. The fraction of sp³-hybridized carbons (Fsp3) is 0.200. The van der Waals surface area contributed by atoms with Gasteiger partial charge in [-0.25, -0.2) is 0 Å². The van der Waals surface area contributed by atoms with Crippen LogP contribution in [0.4, 0.5) is 0 Å². The molecule has 0 saturated carbocycles. The van der Waals surface area contributed by atoms with Crippen molar-refractivity contribution >= 4 is 0 Å². The summed E-state index contributed by atoms with van der Waals surface area (Å²) in [6.07, 6.45) is 0. The van der Waals surface area contributed by atoms with Crippen LogP contribution in [0.2, 0.25) is 0 Å². The zero-order chi connectivity index (χ0) is 11.9. The molecule has 2 nitrogen and oxygen atoms in total. The van der Waals surface area contributed by atoms with Gasteiger partial charge in [-0.2, -0.15) is 0 Å². The summed E-state index contributed by atoms with van der Waals surface area (Å²) in [6, 6.07) is 20.7. The van der Waals surface area contributed by atoms with Gasteiger partial charge in [0, 0.05) is 6.54 Å². The number of hydrogen-bond donors (Lipinski definition) is 2. The standard InChI is InChI=1S/C15H17NO/c17-12-11-16-15(13-7-3-1-4-8-13)14-9-5-2-6-10-14/h1-10,15-17H,11-12H2. The number of nitrogens with one attached hydrogen (secondary N) is 1. The lowest BCUT2D eigenvalue weighted by atomic mass is 9.99. The highest BCUT2D eigenvalue weighted by Crippen LogP contribution is 2.21. The molecule has 0 saturated heterocycles. The van der Waals surface area contributed by atoms with E-state index >= 15 is 0 Å². The minimum Gasteiger partial charge on any atom is -0.395 e. The Labute approximate surface area is 102 Å². The minimum atomic E-state index is 0.143. The van der Waals surface area contributed by atoms with Crippen LogP contribution in [0.3, 0.4) is 0 Å². The minimum absolute atomic E-state index is 0.143. The van der Waals surface area contributed by atoms with Crippen molar-refractivity contribution in [3.05, 3.63) is 71.8 Å². The van der Waals surface area contributed by atoms with Crippen molar-refractivity contribution in [1.82, 2.24) is 5.32 Å². The molecular weight excluding hydrogens is 210 g/mol. The van der Waals surface area contributed by atoms with Crippen LogP contribution in [0.5, 0.6) is 0 Å². The van der Waals surface area contributed by atoms with Gasteiger partial charge in [-0.3, -0.25) is 0 Å². The second-order valence-corrected chi connectivity index (χ2v) is 3.93. The molecule has 2 aromatic carbocycles. The van der Waals surface area contributed by atoms with Crippen molar-refractivity contribution < 1.29 is 5.11 Å². The Balaban J connectivity index is 2.26. The highest BCUT2D eigenvalue weighted by Gasteiger charge is 2.11. The maximum absolute atomic E-state index is 8.95. The molecule has 0 atom stereocenters. The molecule has 2 rings (SSSR count). The molecule has 0 unspecified atom stereocenters. The Hall–Kier alpha value is -1.64. The lowest BCUT2D eigenvalue weighted by Gasteiger charge is -2.19. The lowest BCUT2D eigenvalue weighted by molar-refractivity contribution is 0.288. The molecule has 2 N–H and O–H groups in total. The molecule has 2 heteroatoms. The van der Waals surface area contributed by atoms with Crippen LogP contribution >= 0.6 is 0 Å². The number of aliphatic hydroxyl groups excluding tert-OH is 1. The molecule has 0 aliphatic heterocycles. The van der Waals surface area contributed by atoms with E-state index in [1.807, 2.05) is 36.4 Å². The van der Waals surface area contributed by atoms with Gasteiger partial charge in [-0.05, 0) is 11.1 Å². The van der Waals surface area contributed by atoms with Crippen molar-refractivity contribution in [3.63, 3.8) is 0 Å². The second-order valence-electron chi connectivity index (χ2n) is 3.93. The topological polar surface area (TPSA) is 32.3 Å². The van der Waals surface area contributed by atoms with E-state index in [1.54, 1.807) is 0 Å². The Bertz CT molecular complexity index is 388. The summed E-state index contributed by atoms with van der Waals surface area (Å²) < 4.78 is 0. The van der Waals surface area contributed by atoms with Crippen LogP contribution < -0.4 is 5.32 Å². The maximum Gasteiger partial charge on any atom is 0.0577 e. The van der Waals surface area contributed by atoms with Gasteiger partial charge in [-0.1, -0.05) is 60.7 Å². The SMILES string of the molecule is OCCNC(c1ccccc1)c1ccccc1. The molecule has 0 aliphatic rings. The molecule has 2 aromatic rings. The molecule has 0 heterocycles. The van der Waals surface area contributed by atoms with Gasteiger partial charge in [0.2, 0.25) is 0 Å². The average Bonchev–Trinajstić information content (AvgIpc) is 2.42.